The molecule has 1 heterocycles. The molecule has 3 N–H and O–H groups in total. The molecule has 0 aliphatic rings. The van der Waals surface area contributed by atoms with Crippen molar-refractivity contribution in [3.8, 4) is 11.4 Å². The molecule has 2 aromatic carbocycles. The second kappa shape index (κ2) is 11.2. The van der Waals surface area contributed by atoms with Crippen LogP contribution >= 0.6 is 0 Å². The first-order valence-corrected chi connectivity index (χ1v) is 13.0. The molecule has 1 aromatic heterocycles. The fraction of sp³-hybridized carbons (Fsp3) is 0.400. The molecule has 3 aromatic rings. The molecule has 0 aliphatic heterocycles. The maximum atomic E-state index is 13.1. The third-order valence-electron chi connectivity index (χ3n) is 5.54. The molecule has 0 spiro atoms. The molecule has 3 rings (SSSR count). The Morgan fingerprint density at radius 2 is 1.78 bits per heavy atom. The first-order chi connectivity index (χ1) is 16.9. The van der Waals surface area contributed by atoms with Crippen molar-refractivity contribution in [3.05, 3.63) is 54.4 Å². The van der Waals surface area contributed by atoms with E-state index in [0.29, 0.717) is 28.9 Å². The number of hydrogen-bond acceptors (Lipinski definition) is 7. The zero-order valence-electron chi connectivity index (χ0n) is 21.0. The molecule has 1 atom stereocenters. The van der Waals surface area contributed by atoms with Crippen LogP contribution in [0.2, 0.25) is 0 Å². The summed E-state index contributed by atoms with van der Waals surface area (Å²) in [5.74, 6) is 0.774. The minimum atomic E-state index is -3.91. The fourth-order valence-electron chi connectivity index (χ4n) is 3.33. The summed E-state index contributed by atoms with van der Waals surface area (Å²) in [4.78, 5) is 16.7. The highest BCUT2D eigenvalue weighted by Crippen LogP contribution is 2.26. The largest absolute Gasteiger partial charge is 0.337 e. The standard InChI is InChI=1S/C25H32FN5O4S/c1-16(2)13-21(27-5)23-29-22(30-35-23)17-9-11-20(12-10-17)36(33,34)31-19-8-6-7-18(14-19)28-24(32)25(3,4)15-26/h6-12,14,16,21,27,31H,13,15H2,1-5H3,(H,28,32). The van der Waals surface area contributed by atoms with Crippen LogP contribution in [0, 0.1) is 11.3 Å². The zero-order valence-corrected chi connectivity index (χ0v) is 21.8. The van der Waals surface area contributed by atoms with Crippen LogP contribution in [0.1, 0.15) is 46.0 Å². The Balaban J connectivity index is 1.73. The fourth-order valence-corrected chi connectivity index (χ4v) is 4.38. The lowest BCUT2D eigenvalue weighted by molar-refractivity contribution is -0.124. The maximum absolute atomic E-state index is 13.1. The van der Waals surface area contributed by atoms with E-state index >= 15 is 0 Å². The third kappa shape index (κ3) is 6.67. The number of aromatic nitrogens is 2. The first-order valence-electron chi connectivity index (χ1n) is 11.6. The van der Waals surface area contributed by atoms with E-state index in [4.69, 9.17) is 4.52 Å². The van der Waals surface area contributed by atoms with Gasteiger partial charge in [-0.15, -0.1) is 0 Å². The molecule has 0 aliphatic carbocycles. The van der Waals surface area contributed by atoms with Crippen LogP contribution in [-0.4, -0.2) is 38.2 Å². The van der Waals surface area contributed by atoms with E-state index in [2.05, 4.69) is 39.3 Å². The van der Waals surface area contributed by atoms with Crippen LogP contribution in [0.5, 0.6) is 0 Å². The van der Waals surface area contributed by atoms with Crippen molar-refractivity contribution >= 4 is 27.3 Å². The summed E-state index contributed by atoms with van der Waals surface area (Å²) in [6, 6.07) is 12.2. The lowest BCUT2D eigenvalue weighted by atomic mass is 9.94. The van der Waals surface area contributed by atoms with Gasteiger partial charge in [-0.3, -0.25) is 9.52 Å². The number of nitrogens with one attached hydrogen (secondary N) is 3. The molecule has 194 valence electrons. The Morgan fingerprint density at radius 1 is 1.11 bits per heavy atom. The molecule has 0 bridgehead atoms. The minimum absolute atomic E-state index is 0.0379. The highest BCUT2D eigenvalue weighted by atomic mass is 32.2. The van der Waals surface area contributed by atoms with Crippen LogP contribution < -0.4 is 15.4 Å². The number of carbonyl (C=O) groups is 1. The van der Waals surface area contributed by atoms with Crippen molar-refractivity contribution in [2.45, 2.75) is 45.1 Å². The van der Waals surface area contributed by atoms with E-state index in [1.54, 1.807) is 30.3 Å². The maximum Gasteiger partial charge on any atom is 0.261 e. The highest BCUT2D eigenvalue weighted by molar-refractivity contribution is 7.92. The van der Waals surface area contributed by atoms with Crippen LogP contribution in [-0.2, 0) is 14.8 Å². The molecular weight excluding hydrogens is 485 g/mol. The second-order valence-electron chi connectivity index (χ2n) is 9.61. The van der Waals surface area contributed by atoms with Crippen molar-refractivity contribution in [2.75, 3.05) is 23.8 Å². The zero-order chi connectivity index (χ0) is 26.5. The normalized spacial score (nSPS) is 13.0. The molecule has 1 unspecified atom stereocenters. The lowest BCUT2D eigenvalue weighted by Gasteiger charge is -2.19. The van der Waals surface area contributed by atoms with E-state index < -0.39 is 28.0 Å². The molecule has 9 nitrogen and oxygen atoms in total. The number of carbonyl (C=O) groups excluding carboxylic acids is 1. The summed E-state index contributed by atoms with van der Waals surface area (Å²) in [6.07, 6.45) is 0.833. The molecule has 0 radical (unpaired) electrons. The quantitative estimate of drug-likeness (QED) is 0.334. The first kappa shape index (κ1) is 27.3. The van der Waals surface area contributed by atoms with Crippen LogP contribution in [0.4, 0.5) is 15.8 Å². The van der Waals surface area contributed by atoms with Gasteiger partial charge in [0.05, 0.1) is 22.0 Å². The average Bonchev–Trinajstić information content (AvgIpc) is 3.32. The Labute approximate surface area is 210 Å². The van der Waals surface area contributed by atoms with Gasteiger partial charge in [0.25, 0.3) is 10.0 Å². The molecule has 0 saturated heterocycles. The van der Waals surface area contributed by atoms with Crippen molar-refractivity contribution in [2.24, 2.45) is 11.3 Å². The summed E-state index contributed by atoms with van der Waals surface area (Å²) in [6.45, 7) is 6.36. The van der Waals surface area contributed by atoms with E-state index in [1.165, 1.54) is 32.0 Å². The molecule has 0 saturated carbocycles. The van der Waals surface area contributed by atoms with Gasteiger partial charge >= 0.3 is 0 Å². The second-order valence-corrected chi connectivity index (χ2v) is 11.3. The number of anilines is 2. The van der Waals surface area contributed by atoms with Crippen LogP contribution in [0.3, 0.4) is 0 Å². The lowest BCUT2D eigenvalue weighted by Crippen LogP contribution is -2.32. The molecule has 1 amide bonds. The molecule has 11 heteroatoms. The van der Waals surface area contributed by atoms with Crippen molar-refractivity contribution < 1.29 is 22.1 Å². The summed E-state index contributed by atoms with van der Waals surface area (Å²) >= 11 is 0. The van der Waals surface area contributed by atoms with Crippen molar-refractivity contribution in [1.29, 1.82) is 0 Å². The van der Waals surface area contributed by atoms with Gasteiger partial charge in [0, 0.05) is 11.3 Å². The number of amides is 1. The SMILES string of the molecule is CNC(CC(C)C)c1nc(-c2ccc(S(=O)(=O)Nc3cccc(NC(=O)C(C)(C)CF)c3)cc2)no1. The van der Waals surface area contributed by atoms with Gasteiger partial charge < -0.3 is 15.2 Å². The monoisotopic (exact) mass is 517 g/mol. The molecule has 36 heavy (non-hydrogen) atoms. The molecule has 0 fully saturated rings. The van der Waals surface area contributed by atoms with E-state index in [1.807, 2.05) is 7.05 Å². The van der Waals surface area contributed by atoms with Crippen LogP contribution in [0.15, 0.2) is 57.9 Å². The summed E-state index contributed by atoms with van der Waals surface area (Å²) in [7, 11) is -2.08. The number of alkyl halides is 1. The third-order valence-corrected chi connectivity index (χ3v) is 6.94. The molecular formula is C25H32FN5O4S. The van der Waals surface area contributed by atoms with Gasteiger partial charge in [-0.05, 0) is 75.7 Å². The highest BCUT2D eigenvalue weighted by Gasteiger charge is 2.27. The number of benzene rings is 2. The topological polar surface area (TPSA) is 126 Å². The Hall–Kier alpha value is -3.31. The van der Waals surface area contributed by atoms with Crippen molar-refractivity contribution in [3.63, 3.8) is 0 Å². The number of halogens is 1. The average molecular weight is 518 g/mol. The van der Waals surface area contributed by atoms with Gasteiger partial charge in [0.15, 0.2) is 0 Å². The van der Waals surface area contributed by atoms with Gasteiger partial charge in [-0.1, -0.05) is 25.1 Å². The summed E-state index contributed by atoms with van der Waals surface area (Å²) in [5.41, 5.74) is 0.0194. The van der Waals surface area contributed by atoms with E-state index in [0.717, 1.165) is 6.42 Å². The summed E-state index contributed by atoms with van der Waals surface area (Å²) in [5, 5.41) is 9.81. The minimum Gasteiger partial charge on any atom is -0.337 e. The predicted molar refractivity (Wildman–Crippen MR) is 137 cm³/mol. The van der Waals surface area contributed by atoms with Crippen LogP contribution in [0.25, 0.3) is 11.4 Å². The van der Waals surface area contributed by atoms with Gasteiger partial charge in [0.2, 0.25) is 17.6 Å². The predicted octanol–water partition coefficient (Wildman–Crippen LogP) is 4.78. The Bertz CT molecular complexity index is 1290. The van der Waals surface area contributed by atoms with Gasteiger partial charge in [0.1, 0.15) is 6.67 Å². The van der Waals surface area contributed by atoms with Gasteiger partial charge in [-0.2, -0.15) is 4.98 Å². The smallest absolute Gasteiger partial charge is 0.261 e. The summed E-state index contributed by atoms with van der Waals surface area (Å²) < 4.78 is 46.8. The van der Waals surface area contributed by atoms with Crippen molar-refractivity contribution in [1.82, 2.24) is 15.5 Å². The number of sulfonamides is 1. The van der Waals surface area contributed by atoms with E-state index in [9.17, 15) is 17.6 Å². The van der Waals surface area contributed by atoms with Gasteiger partial charge in [-0.25, -0.2) is 12.8 Å². The number of rotatable bonds is 11. The number of nitrogens with zero attached hydrogens (tertiary/aromatic N) is 2. The number of hydrogen-bond donors (Lipinski definition) is 3. The Morgan fingerprint density at radius 3 is 2.39 bits per heavy atom. The van der Waals surface area contributed by atoms with E-state index in [-0.39, 0.29) is 16.6 Å². The Kier molecular flexibility index (Phi) is 8.47.